The zero-order valence-electron chi connectivity index (χ0n) is 27.3. The molecule has 1 aromatic heterocycles. The monoisotopic (exact) mass is 740 g/mol. The molecule has 3 atom stereocenters. The number of ketones is 1. The lowest BCUT2D eigenvalue weighted by atomic mass is 10.0. The van der Waals surface area contributed by atoms with E-state index >= 15 is 0 Å². The molecular formula is C34H34Cl2N6O9. The topological polar surface area (TPSA) is 197 Å². The fourth-order valence-electron chi connectivity index (χ4n) is 5.87. The van der Waals surface area contributed by atoms with Gasteiger partial charge < -0.3 is 25.0 Å². The van der Waals surface area contributed by atoms with Gasteiger partial charge in [-0.1, -0.05) is 41.4 Å². The van der Waals surface area contributed by atoms with Gasteiger partial charge in [0.1, 0.15) is 23.9 Å². The van der Waals surface area contributed by atoms with Crippen molar-refractivity contribution >= 4 is 64.6 Å². The average Bonchev–Trinajstić information content (AvgIpc) is 3.46. The summed E-state index contributed by atoms with van der Waals surface area (Å²) in [5.41, 5.74) is 1.00. The minimum atomic E-state index is -1.66. The lowest BCUT2D eigenvalue weighted by molar-refractivity contribution is -0.176. The molecule has 2 aliphatic heterocycles. The van der Waals surface area contributed by atoms with Crippen molar-refractivity contribution < 1.29 is 43.4 Å². The highest BCUT2D eigenvalue weighted by atomic mass is 35.5. The number of hydrogen-bond donors (Lipinski definition) is 3. The molecule has 51 heavy (non-hydrogen) atoms. The summed E-state index contributed by atoms with van der Waals surface area (Å²) in [7, 11) is 0. The Morgan fingerprint density at radius 1 is 1.04 bits per heavy atom. The minimum Gasteiger partial charge on any atom is -0.481 e. The molecule has 0 bridgehead atoms. The maximum absolute atomic E-state index is 13.9. The standard InChI is InChI=1S/C34H34Cl2N6O9/c1-19-37-13-15-40(19)17-20-7-9-21(10-8-20)31(47)38-24-11-12-28(44)41-14-3-6-26(42(41)33(24)49)32(48)39-25(16-29(45)46)27(43)18-51-34(50)30-22(35)4-2-5-23(30)36/h2,4-5,7-10,13,15,24-26H,3,6,11-12,14,16-18H2,1H3,(H,38,47)(H,39,48)(H,45,46)/t24?,25-,26?/m0/s1. The Bertz CT molecular complexity index is 1840. The summed E-state index contributed by atoms with van der Waals surface area (Å²) < 4.78 is 6.98. The van der Waals surface area contributed by atoms with Crippen molar-refractivity contribution in [3.8, 4) is 0 Å². The number of benzene rings is 2. The average molecular weight is 742 g/mol. The van der Waals surface area contributed by atoms with Crippen LogP contribution in [0.2, 0.25) is 10.0 Å². The first kappa shape index (κ1) is 37.0. The number of esters is 1. The van der Waals surface area contributed by atoms with E-state index in [9.17, 15) is 38.7 Å². The van der Waals surface area contributed by atoms with Crippen LogP contribution in [0.1, 0.15) is 64.2 Å². The molecule has 5 rings (SSSR count). The summed E-state index contributed by atoms with van der Waals surface area (Å²) in [5.74, 6) is -5.22. The predicted octanol–water partition coefficient (Wildman–Crippen LogP) is 2.56. The molecule has 0 radical (unpaired) electrons. The first-order valence-corrected chi connectivity index (χ1v) is 16.8. The van der Waals surface area contributed by atoms with E-state index in [1.165, 1.54) is 18.2 Å². The molecular weight excluding hydrogens is 707 g/mol. The zero-order valence-corrected chi connectivity index (χ0v) is 28.9. The van der Waals surface area contributed by atoms with Crippen molar-refractivity contribution in [1.29, 1.82) is 0 Å². The maximum Gasteiger partial charge on any atom is 0.341 e. The summed E-state index contributed by atoms with van der Waals surface area (Å²) >= 11 is 12.1. The highest BCUT2D eigenvalue weighted by Crippen LogP contribution is 2.27. The van der Waals surface area contributed by atoms with Gasteiger partial charge in [0.05, 0.1) is 22.0 Å². The smallest absolute Gasteiger partial charge is 0.341 e. The number of imidazole rings is 1. The van der Waals surface area contributed by atoms with Crippen LogP contribution in [0.5, 0.6) is 0 Å². The molecule has 0 aliphatic carbocycles. The quantitative estimate of drug-likeness (QED) is 0.232. The SMILES string of the molecule is Cc1nccn1Cc1ccc(C(=O)NC2CCC(=O)N3CCCC(C(=O)N[C@@H](CC(=O)O)C(=O)COC(=O)c4c(Cl)cccc4Cl)N3C2=O)cc1. The van der Waals surface area contributed by atoms with Gasteiger partial charge >= 0.3 is 11.9 Å². The van der Waals surface area contributed by atoms with Gasteiger partial charge in [0.25, 0.3) is 11.8 Å². The first-order valence-electron chi connectivity index (χ1n) is 16.0. The Labute approximate surface area is 301 Å². The third-order valence-corrected chi connectivity index (χ3v) is 9.19. The number of carboxylic acid groups (broad SMARTS) is 1. The van der Waals surface area contributed by atoms with Crippen LogP contribution in [0, 0.1) is 6.92 Å². The number of aliphatic carboxylic acids is 1. The van der Waals surface area contributed by atoms with Crippen molar-refractivity contribution in [2.24, 2.45) is 0 Å². The van der Waals surface area contributed by atoms with Crippen LogP contribution in [0.4, 0.5) is 0 Å². The number of carboxylic acids is 1. The number of amides is 4. The van der Waals surface area contributed by atoms with Gasteiger partial charge in [-0.15, -0.1) is 0 Å². The molecule has 3 N–H and O–H groups in total. The minimum absolute atomic E-state index is 0.0241. The molecule has 268 valence electrons. The van der Waals surface area contributed by atoms with Gasteiger partial charge in [-0.2, -0.15) is 0 Å². The van der Waals surface area contributed by atoms with E-state index in [4.69, 9.17) is 27.9 Å². The van der Waals surface area contributed by atoms with E-state index in [1.54, 1.807) is 30.5 Å². The number of hydrazine groups is 1. The third kappa shape index (κ3) is 8.72. The molecule has 3 heterocycles. The fraction of sp³-hybridized carbons (Fsp3) is 0.353. The van der Waals surface area contributed by atoms with Crippen LogP contribution in [0.3, 0.4) is 0 Å². The number of aryl methyl sites for hydroxylation is 1. The highest BCUT2D eigenvalue weighted by Gasteiger charge is 2.45. The number of rotatable bonds is 12. The van der Waals surface area contributed by atoms with Crippen LogP contribution < -0.4 is 10.6 Å². The van der Waals surface area contributed by atoms with Gasteiger partial charge in [-0.3, -0.25) is 33.8 Å². The second-order valence-corrected chi connectivity index (χ2v) is 12.8. The molecule has 4 amide bonds. The number of ether oxygens (including phenoxy) is 1. The molecule has 0 saturated carbocycles. The third-order valence-electron chi connectivity index (χ3n) is 8.56. The molecule has 2 fully saturated rings. The Kier molecular flexibility index (Phi) is 11.7. The van der Waals surface area contributed by atoms with Gasteiger partial charge in [0, 0.05) is 37.5 Å². The van der Waals surface area contributed by atoms with Crippen molar-refractivity contribution in [3.63, 3.8) is 0 Å². The van der Waals surface area contributed by atoms with Gasteiger partial charge in [0.2, 0.25) is 11.8 Å². The maximum atomic E-state index is 13.9. The number of carbonyl (C=O) groups excluding carboxylic acids is 6. The van der Waals surface area contributed by atoms with Gasteiger partial charge in [0.15, 0.2) is 12.4 Å². The van der Waals surface area contributed by atoms with Crippen molar-refractivity contribution in [2.75, 3.05) is 13.2 Å². The highest BCUT2D eigenvalue weighted by molar-refractivity contribution is 6.39. The molecule has 3 aromatic rings. The van der Waals surface area contributed by atoms with E-state index in [0.717, 1.165) is 21.4 Å². The van der Waals surface area contributed by atoms with Crippen LogP contribution >= 0.6 is 23.2 Å². The number of aromatic nitrogens is 2. The Balaban J connectivity index is 1.27. The molecule has 2 aliphatic rings. The fourth-order valence-corrected chi connectivity index (χ4v) is 6.42. The Morgan fingerprint density at radius 3 is 2.39 bits per heavy atom. The van der Waals surface area contributed by atoms with Crippen LogP contribution in [0.25, 0.3) is 0 Å². The lowest BCUT2D eigenvalue weighted by Crippen LogP contribution is -2.64. The second-order valence-electron chi connectivity index (χ2n) is 12.0. The summed E-state index contributed by atoms with van der Waals surface area (Å²) in [5, 5.41) is 16.6. The number of nitrogens with zero attached hydrogens (tertiary/aromatic N) is 4. The predicted molar refractivity (Wildman–Crippen MR) is 181 cm³/mol. The molecule has 2 aromatic carbocycles. The van der Waals surface area contributed by atoms with Crippen LogP contribution in [-0.4, -0.2) is 97.3 Å². The Hall–Kier alpha value is -5.28. The van der Waals surface area contributed by atoms with Crippen LogP contribution in [0.15, 0.2) is 54.9 Å². The summed E-state index contributed by atoms with van der Waals surface area (Å²) in [6.07, 6.45) is 2.95. The van der Waals surface area contributed by atoms with Crippen molar-refractivity contribution in [3.05, 3.63) is 87.4 Å². The first-order chi connectivity index (χ1) is 24.3. The molecule has 0 spiro atoms. The largest absolute Gasteiger partial charge is 0.481 e. The van der Waals surface area contributed by atoms with Crippen molar-refractivity contribution in [2.45, 2.75) is 63.7 Å². The molecule has 2 unspecified atom stereocenters. The molecule has 17 heteroatoms. The van der Waals surface area contributed by atoms with E-state index in [2.05, 4.69) is 15.6 Å². The zero-order chi connectivity index (χ0) is 36.8. The number of halogens is 2. The number of carbonyl (C=O) groups is 7. The van der Waals surface area contributed by atoms with Crippen LogP contribution in [-0.2, 0) is 35.3 Å². The normalized spacial score (nSPS) is 17.9. The Morgan fingerprint density at radius 2 is 1.75 bits per heavy atom. The number of nitrogens with one attached hydrogen (secondary N) is 2. The number of fused-ring (bicyclic) bond motifs is 1. The summed E-state index contributed by atoms with van der Waals surface area (Å²) in [4.78, 5) is 95.4. The van der Waals surface area contributed by atoms with E-state index in [1.807, 2.05) is 17.7 Å². The van der Waals surface area contributed by atoms with E-state index < -0.39 is 72.5 Å². The second kappa shape index (κ2) is 16.2. The lowest BCUT2D eigenvalue weighted by Gasteiger charge is -2.43. The number of hydrogen-bond acceptors (Lipinski definition) is 9. The summed E-state index contributed by atoms with van der Waals surface area (Å²) in [6, 6.07) is 6.93. The van der Waals surface area contributed by atoms with Crippen molar-refractivity contribution in [1.82, 2.24) is 30.2 Å². The van der Waals surface area contributed by atoms with Gasteiger partial charge in [-0.25, -0.2) is 14.8 Å². The van der Waals surface area contributed by atoms with E-state index in [0.29, 0.717) is 13.0 Å². The number of Topliss-reactive ketones (excluding diaryl/α,β-unsaturated/α-hetero) is 1. The molecule has 2 saturated heterocycles. The summed E-state index contributed by atoms with van der Waals surface area (Å²) in [6.45, 7) is 1.63. The molecule has 15 nitrogen and oxygen atoms in total. The van der Waals surface area contributed by atoms with E-state index in [-0.39, 0.29) is 47.0 Å². The van der Waals surface area contributed by atoms with Gasteiger partial charge in [-0.05, 0) is 56.0 Å².